The Balaban J connectivity index is 1.63. The second kappa shape index (κ2) is 10.6. The van der Waals surface area contributed by atoms with Crippen molar-refractivity contribution in [2.75, 3.05) is 29.1 Å². The van der Waals surface area contributed by atoms with Gasteiger partial charge in [-0.1, -0.05) is 17.8 Å². The summed E-state index contributed by atoms with van der Waals surface area (Å²) in [6, 6.07) is 11.7. The minimum absolute atomic E-state index is 0.0910. The summed E-state index contributed by atoms with van der Waals surface area (Å²) in [7, 11) is 0. The van der Waals surface area contributed by atoms with Gasteiger partial charge in [0.2, 0.25) is 5.91 Å². The molecule has 3 aromatic rings. The van der Waals surface area contributed by atoms with Gasteiger partial charge in [0, 0.05) is 49.0 Å². The van der Waals surface area contributed by atoms with Gasteiger partial charge in [0.15, 0.2) is 11.0 Å². The Morgan fingerprint density at radius 1 is 1.20 bits per heavy atom. The molecule has 0 spiro atoms. The van der Waals surface area contributed by atoms with Gasteiger partial charge in [-0.2, -0.15) is 0 Å². The molecule has 1 amide bonds. The molecule has 0 aliphatic carbocycles. The minimum atomic E-state index is -0.0910. The average Bonchev–Trinajstić information content (AvgIpc) is 3.18. The van der Waals surface area contributed by atoms with E-state index in [1.54, 1.807) is 18.5 Å². The average molecular weight is 423 g/mol. The molecular formula is C22H26N6OS. The molecule has 2 aromatic heterocycles. The summed E-state index contributed by atoms with van der Waals surface area (Å²) in [4.78, 5) is 18.8. The van der Waals surface area contributed by atoms with E-state index < -0.39 is 0 Å². The van der Waals surface area contributed by atoms with E-state index in [9.17, 15) is 4.79 Å². The number of hydrogen-bond donors (Lipinski definition) is 1. The fraction of sp³-hybridized carbons (Fsp3) is 0.273. The van der Waals surface area contributed by atoms with Crippen LogP contribution in [0.2, 0.25) is 0 Å². The minimum Gasteiger partial charge on any atom is -0.372 e. The van der Waals surface area contributed by atoms with Crippen LogP contribution in [0.3, 0.4) is 0 Å². The van der Waals surface area contributed by atoms with Gasteiger partial charge in [0.25, 0.3) is 0 Å². The highest BCUT2D eigenvalue weighted by atomic mass is 32.2. The summed E-state index contributed by atoms with van der Waals surface area (Å²) >= 11 is 1.35. The van der Waals surface area contributed by atoms with Crippen LogP contribution in [0.5, 0.6) is 0 Å². The van der Waals surface area contributed by atoms with Crippen LogP contribution >= 0.6 is 11.8 Å². The molecule has 7 nitrogen and oxygen atoms in total. The Kier molecular flexibility index (Phi) is 7.62. The van der Waals surface area contributed by atoms with Crippen LogP contribution in [-0.2, 0) is 11.3 Å². The maximum atomic E-state index is 12.4. The Hall–Kier alpha value is -3.13. The third kappa shape index (κ3) is 5.27. The van der Waals surface area contributed by atoms with Crippen LogP contribution in [0.25, 0.3) is 11.4 Å². The molecule has 8 heteroatoms. The number of allylic oxidation sites excluding steroid dienone is 1. The summed E-state index contributed by atoms with van der Waals surface area (Å²) < 4.78 is 1.93. The lowest BCUT2D eigenvalue weighted by molar-refractivity contribution is -0.113. The molecule has 3 rings (SSSR count). The van der Waals surface area contributed by atoms with Gasteiger partial charge < -0.3 is 10.2 Å². The lowest BCUT2D eigenvalue weighted by Crippen LogP contribution is -2.21. The van der Waals surface area contributed by atoms with E-state index in [-0.39, 0.29) is 11.7 Å². The number of anilines is 2. The van der Waals surface area contributed by atoms with Crippen molar-refractivity contribution in [3.05, 3.63) is 61.4 Å². The van der Waals surface area contributed by atoms with E-state index in [1.807, 2.05) is 41.0 Å². The van der Waals surface area contributed by atoms with E-state index >= 15 is 0 Å². The van der Waals surface area contributed by atoms with E-state index in [0.717, 1.165) is 30.0 Å². The van der Waals surface area contributed by atoms with Crippen molar-refractivity contribution in [3.63, 3.8) is 0 Å². The van der Waals surface area contributed by atoms with Crippen molar-refractivity contribution in [1.29, 1.82) is 0 Å². The normalized spacial score (nSPS) is 10.6. The molecule has 156 valence electrons. The van der Waals surface area contributed by atoms with Crippen LogP contribution in [0, 0.1) is 0 Å². The molecule has 1 N–H and O–H groups in total. The number of amides is 1. The number of nitrogens with zero attached hydrogens (tertiary/aromatic N) is 5. The Labute approximate surface area is 181 Å². The number of benzene rings is 1. The van der Waals surface area contributed by atoms with Crippen molar-refractivity contribution >= 4 is 29.0 Å². The first-order valence-corrected chi connectivity index (χ1v) is 10.9. The van der Waals surface area contributed by atoms with Gasteiger partial charge in [0.05, 0.1) is 5.75 Å². The van der Waals surface area contributed by atoms with Crippen LogP contribution in [0.1, 0.15) is 13.8 Å². The number of thioether (sulfide) groups is 1. The van der Waals surface area contributed by atoms with Gasteiger partial charge in [-0.05, 0) is 50.2 Å². The highest BCUT2D eigenvalue weighted by Gasteiger charge is 2.15. The van der Waals surface area contributed by atoms with Crippen LogP contribution in [-0.4, -0.2) is 44.5 Å². The molecule has 0 aliphatic rings. The number of carbonyl (C=O) groups is 1. The van der Waals surface area contributed by atoms with Crippen molar-refractivity contribution in [1.82, 2.24) is 19.7 Å². The van der Waals surface area contributed by atoms with E-state index in [2.05, 4.69) is 45.8 Å². The lowest BCUT2D eigenvalue weighted by Gasteiger charge is -2.21. The number of rotatable bonds is 10. The quantitative estimate of drug-likeness (QED) is 0.392. The van der Waals surface area contributed by atoms with Crippen LogP contribution in [0.4, 0.5) is 11.4 Å². The first kappa shape index (κ1) is 21.6. The second-order valence-corrected chi connectivity index (χ2v) is 7.45. The number of hydrogen-bond acceptors (Lipinski definition) is 6. The fourth-order valence-electron chi connectivity index (χ4n) is 3.07. The predicted octanol–water partition coefficient (Wildman–Crippen LogP) is 4.10. The van der Waals surface area contributed by atoms with Gasteiger partial charge in [-0.25, -0.2) is 0 Å². The largest absolute Gasteiger partial charge is 0.372 e. The number of pyridine rings is 1. The number of aromatic nitrogens is 4. The zero-order valence-electron chi connectivity index (χ0n) is 17.3. The molecule has 0 radical (unpaired) electrons. The predicted molar refractivity (Wildman–Crippen MR) is 123 cm³/mol. The molecule has 0 fully saturated rings. The SMILES string of the molecule is C=CCn1c(SCC(=O)Nc2ccc(N(CC)CC)cc2)nnc1-c1cccnc1. The lowest BCUT2D eigenvalue weighted by atomic mass is 10.2. The number of nitrogens with one attached hydrogen (secondary N) is 1. The summed E-state index contributed by atoms with van der Waals surface area (Å²) in [5, 5.41) is 12.1. The van der Waals surface area contributed by atoms with E-state index in [4.69, 9.17) is 0 Å². The highest BCUT2D eigenvalue weighted by molar-refractivity contribution is 7.99. The Morgan fingerprint density at radius 3 is 2.60 bits per heavy atom. The van der Waals surface area contributed by atoms with Gasteiger partial charge >= 0.3 is 0 Å². The third-order valence-electron chi connectivity index (χ3n) is 4.56. The zero-order valence-corrected chi connectivity index (χ0v) is 18.1. The summed E-state index contributed by atoms with van der Waals surface area (Å²) in [6.45, 7) is 10.5. The molecule has 1 aromatic carbocycles. The Bertz CT molecular complexity index is 967. The molecule has 0 unspecified atom stereocenters. The summed E-state index contributed by atoms with van der Waals surface area (Å²) in [5.74, 6) is 0.852. The van der Waals surface area contributed by atoms with E-state index in [1.165, 1.54) is 11.8 Å². The standard InChI is InChI=1S/C22H26N6OS/c1-4-14-28-21(17-8-7-13-23-15-17)25-26-22(28)30-16-20(29)24-18-9-11-19(12-10-18)27(5-2)6-3/h4,7-13,15H,1,5-6,14,16H2,2-3H3,(H,24,29). The molecule has 0 bridgehead atoms. The first-order chi connectivity index (χ1) is 14.7. The molecule has 0 aliphatic heterocycles. The zero-order chi connectivity index (χ0) is 21.3. The van der Waals surface area contributed by atoms with Crippen LogP contribution < -0.4 is 10.2 Å². The summed E-state index contributed by atoms with van der Waals surface area (Å²) in [6.07, 6.45) is 5.24. The van der Waals surface area contributed by atoms with Crippen molar-refractivity contribution in [3.8, 4) is 11.4 Å². The maximum Gasteiger partial charge on any atom is 0.234 e. The van der Waals surface area contributed by atoms with Crippen LogP contribution in [0.15, 0.2) is 66.6 Å². The van der Waals surface area contributed by atoms with Gasteiger partial charge in [-0.3, -0.25) is 14.3 Å². The molecule has 0 atom stereocenters. The highest BCUT2D eigenvalue weighted by Crippen LogP contribution is 2.24. The van der Waals surface area contributed by atoms with Gasteiger partial charge in [0.1, 0.15) is 0 Å². The third-order valence-corrected chi connectivity index (χ3v) is 5.53. The molecule has 2 heterocycles. The Morgan fingerprint density at radius 2 is 1.97 bits per heavy atom. The number of carbonyl (C=O) groups excluding carboxylic acids is 1. The topological polar surface area (TPSA) is 75.9 Å². The molecular weight excluding hydrogens is 396 g/mol. The maximum absolute atomic E-state index is 12.4. The molecule has 0 saturated carbocycles. The summed E-state index contributed by atoms with van der Waals surface area (Å²) in [5.41, 5.74) is 2.80. The first-order valence-electron chi connectivity index (χ1n) is 9.88. The monoisotopic (exact) mass is 422 g/mol. The second-order valence-electron chi connectivity index (χ2n) is 6.50. The fourth-order valence-corrected chi connectivity index (χ4v) is 3.82. The smallest absolute Gasteiger partial charge is 0.234 e. The van der Waals surface area contributed by atoms with Crippen molar-refractivity contribution < 1.29 is 4.79 Å². The molecule has 30 heavy (non-hydrogen) atoms. The van der Waals surface area contributed by atoms with Crippen molar-refractivity contribution in [2.24, 2.45) is 0 Å². The van der Waals surface area contributed by atoms with E-state index in [0.29, 0.717) is 17.5 Å². The molecule has 0 saturated heterocycles. The van der Waals surface area contributed by atoms with Gasteiger partial charge in [-0.15, -0.1) is 16.8 Å². The van der Waals surface area contributed by atoms with Crippen molar-refractivity contribution in [2.45, 2.75) is 25.5 Å².